The van der Waals surface area contributed by atoms with Gasteiger partial charge in [0.2, 0.25) is 0 Å². The Balaban J connectivity index is 1.73. The molecule has 3 rings (SSSR count). The Morgan fingerprint density at radius 1 is 1.11 bits per heavy atom. The van der Waals surface area contributed by atoms with Crippen LogP contribution in [-0.2, 0) is 6.61 Å². The van der Waals surface area contributed by atoms with Crippen LogP contribution in [0.3, 0.4) is 0 Å². The molecule has 0 aliphatic rings. The topological polar surface area (TPSA) is 76.2 Å². The van der Waals surface area contributed by atoms with E-state index in [4.69, 9.17) is 4.74 Å². The van der Waals surface area contributed by atoms with Crippen LogP contribution in [0.4, 0.5) is 5.69 Å². The van der Waals surface area contributed by atoms with Gasteiger partial charge in [0.15, 0.2) is 0 Å². The third-order valence-corrected chi connectivity index (χ3v) is 4.72. The van der Waals surface area contributed by atoms with Crippen LogP contribution in [0.2, 0.25) is 0 Å². The molecular weight excluding hydrogens is 467 g/mol. The molecule has 0 aliphatic heterocycles. The van der Waals surface area contributed by atoms with E-state index in [9.17, 15) is 15.4 Å². The number of allylic oxidation sites excluding steroid dienone is 1. The third kappa shape index (κ3) is 5.18. The number of ether oxygens (including phenoxy) is 1. The van der Waals surface area contributed by atoms with E-state index in [-0.39, 0.29) is 5.69 Å². The summed E-state index contributed by atoms with van der Waals surface area (Å²) in [6.07, 6.45) is 1.82. The molecule has 138 valence electrons. The van der Waals surface area contributed by atoms with Gasteiger partial charge in [0.25, 0.3) is 5.69 Å². The van der Waals surface area contributed by atoms with E-state index in [0.29, 0.717) is 17.9 Å². The number of non-ortho nitro benzene ring substituents is 1. The fraction of sp³-hybridized carbons (Fsp3) is 0.0455. The number of halogens is 1. The van der Waals surface area contributed by atoms with E-state index >= 15 is 0 Å². The molecule has 28 heavy (non-hydrogen) atoms. The van der Waals surface area contributed by atoms with Crippen molar-refractivity contribution in [1.82, 2.24) is 0 Å². The molecule has 0 saturated carbocycles. The smallest absolute Gasteiger partial charge is 0.269 e. The van der Waals surface area contributed by atoms with Crippen LogP contribution >= 0.6 is 22.6 Å². The predicted molar refractivity (Wildman–Crippen MR) is 117 cm³/mol. The van der Waals surface area contributed by atoms with Gasteiger partial charge in [-0.1, -0.05) is 24.3 Å². The summed E-state index contributed by atoms with van der Waals surface area (Å²) in [7, 11) is 0. The lowest BCUT2D eigenvalue weighted by Crippen LogP contribution is -1.96. The molecule has 0 amide bonds. The maximum absolute atomic E-state index is 10.7. The van der Waals surface area contributed by atoms with Crippen molar-refractivity contribution in [2.24, 2.45) is 0 Å². The zero-order valence-electron chi connectivity index (χ0n) is 14.7. The van der Waals surface area contributed by atoms with Crippen molar-refractivity contribution in [2.45, 2.75) is 6.61 Å². The summed E-state index contributed by atoms with van der Waals surface area (Å²) in [5.74, 6) is 0.659. The summed E-state index contributed by atoms with van der Waals surface area (Å²) in [6.45, 7) is 0.299. The van der Waals surface area contributed by atoms with E-state index in [2.05, 4.69) is 28.7 Å². The van der Waals surface area contributed by atoms with Gasteiger partial charge in [-0.15, -0.1) is 0 Å². The lowest BCUT2D eigenvalue weighted by molar-refractivity contribution is -0.384. The normalized spacial score (nSPS) is 10.9. The molecule has 6 heteroatoms. The number of nitriles is 1. The van der Waals surface area contributed by atoms with Crippen LogP contribution in [0, 0.1) is 25.0 Å². The fourth-order valence-corrected chi connectivity index (χ4v) is 2.91. The second-order valence-electron chi connectivity index (χ2n) is 5.96. The van der Waals surface area contributed by atoms with Crippen molar-refractivity contribution >= 4 is 39.9 Å². The Bertz CT molecular complexity index is 1050. The summed E-state index contributed by atoms with van der Waals surface area (Å²) in [5.41, 5.74) is 3.18. The highest BCUT2D eigenvalue weighted by atomic mass is 127. The molecule has 0 radical (unpaired) electrons. The molecule has 0 spiro atoms. The van der Waals surface area contributed by atoms with Crippen LogP contribution in [0.15, 0.2) is 72.8 Å². The van der Waals surface area contributed by atoms with Crippen molar-refractivity contribution in [3.63, 3.8) is 0 Å². The summed E-state index contributed by atoms with van der Waals surface area (Å²) >= 11 is 2.23. The molecule has 0 aromatic heterocycles. The highest BCUT2D eigenvalue weighted by molar-refractivity contribution is 14.1. The van der Waals surface area contributed by atoms with Crippen molar-refractivity contribution < 1.29 is 9.66 Å². The molecule has 0 aliphatic carbocycles. The molecule has 0 saturated heterocycles. The maximum atomic E-state index is 10.7. The van der Waals surface area contributed by atoms with Gasteiger partial charge >= 0.3 is 0 Å². The number of nitro benzene ring substituents is 1. The van der Waals surface area contributed by atoms with Gasteiger partial charge in [0.1, 0.15) is 12.4 Å². The minimum absolute atomic E-state index is 0.0514. The Morgan fingerprint density at radius 3 is 2.46 bits per heavy atom. The highest BCUT2D eigenvalue weighted by Gasteiger charge is 2.05. The number of nitrogens with zero attached hydrogens (tertiary/aromatic N) is 2. The quantitative estimate of drug-likeness (QED) is 0.145. The minimum atomic E-state index is -0.430. The molecule has 0 unspecified atom stereocenters. The first-order valence-electron chi connectivity index (χ1n) is 8.39. The molecule has 0 heterocycles. The van der Waals surface area contributed by atoms with Gasteiger partial charge in [-0.2, -0.15) is 5.26 Å². The Labute approximate surface area is 176 Å². The predicted octanol–water partition coefficient (Wildman–Crippen LogP) is 5.84. The van der Waals surface area contributed by atoms with Crippen LogP contribution in [0.25, 0.3) is 11.6 Å². The minimum Gasteiger partial charge on any atom is -0.489 e. The molecule has 5 nitrogen and oxygen atoms in total. The van der Waals surface area contributed by atoms with Crippen molar-refractivity contribution in [1.29, 1.82) is 5.26 Å². The molecule has 0 atom stereocenters. The number of hydrogen-bond donors (Lipinski definition) is 0. The van der Waals surface area contributed by atoms with E-state index in [1.54, 1.807) is 12.1 Å². The fourth-order valence-electron chi connectivity index (χ4n) is 2.55. The first-order chi connectivity index (χ1) is 13.5. The summed E-state index contributed by atoms with van der Waals surface area (Å²) in [5, 5.41) is 20.2. The first-order valence-corrected chi connectivity index (χ1v) is 9.47. The maximum Gasteiger partial charge on any atom is 0.269 e. The monoisotopic (exact) mass is 482 g/mol. The second kappa shape index (κ2) is 9.15. The molecule has 0 bridgehead atoms. The SMILES string of the molecule is N#C/C(=C/c1cccc(OCc2ccc([N+](=O)[O-])cc2)c1)c1ccc(I)cc1. The van der Waals surface area contributed by atoms with Gasteiger partial charge < -0.3 is 4.74 Å². The molecule has 3 aromatic rings. The van der Waals surface area contributed by atoms with Crippen LogP contribution in [-0.4, -0.2) is 4.92 Å². The number of nitro groups is 1. The molecular formula is C22H15IN2O3. The van der Waals surface area contributed by atoms with E-state index in [1.165, 1.54) is 12.1 Å². The second-order valence-corrected chi connectivity index (χ2v) is 7.21. The largest absolute Gasteiger partial charge is 0.489 e. The standard InChI is InChI=1S/C22H15IN2O3/c23-20-8-6-18(7-9-20)19(14-24)12-17-2-1-3-22(13-17)28-15-16-4-10-21(11-5-16)25(26)27/h1-13H,15H2/b19-12-. The lowest BCUT2D eigenvalue weighted by Gasteiger charge is -2.07. The molecule has 0 N–H and O–H groups in total. The van der Waals surface area contributed by atoms with E-state index in [1.807, 2.05) is 54.6 Å². The van der Waals surface area contributed by atoms with Gasteiger partial charge in [-0.3, -0.25) is 10.1 Å². The van der Waals surface area contributed by atoms with Gasteiger partial charge in [0.05, 0.1) is 16.6 Å². The average Bonchev–Trinajstić information content (AvgIpc) is 2.72. The van der Waals surface area contributed by atoms with Crippen LogP contribution in [0.5, 0.6) is 5.75 Å². The number of rotatable bonds is 6. The van der Waals surface area contributed by atoms with E-state index in [0.717, 1.165) is 20.3 Å². The van der Waals surface area contributed by atoms with E-state index < -0.39 is 4.92 Å². The summed E-state index contributed by atoms with van der Waals surface area (Å²) in [6, 6.07) is 23.7. The number of hydrogen-bond acceptors (Lipinski definition) is 4. The number of benzene rings is 3. The lowest BCUT2D eigenvalue weighted by atomic mass is 10.0. The zero-order valence-corrected chi connectivity index (χ0v) is 16.9. The Hall–Kier alpha value is -3.18. The van der Waals surface area contributed by atoms with Crippen molar-refractivity contribution in [2.75, 3.05) is 0 Å². The van der Waals surface area contributed by atoms with Gasteiger partial charge in [0, 0.05) is 15.7 Å². The van der Waals surface area contributed by atoms with Crippen molar-refractivity contribution in [3.05, 3.63) is 103 Å². The Kier molecular flexibility index (Phi) is 6.40. The van der Waals surface area contributed by atoms with Crippen molar-refractivity contribution in [3.8, 4) is 11.8 Å². The third-order valence-electron chi connectivity index (χ3n) is 4.00. The summed E-state index contributed by atoms with van der Waals surface area (Å²) in [4.78, 5) is 10.3. The van der Waals surface area contributed by atoms with Gasteiger partial charge in [-0.05, 0) is 81.8 Å². The van der Waals surface area contributed by atoms with Crippen LogP contribution in [0.1, 0.15) is 16.7 Å². The molecule has 0 fully saturated rings. The first kappa shape index (κ1) is 19.6. The average molecular weight is 482 g/mol. The van der Waals surface area contributed by atoms with Gasteiger partial charge in [-0.25, -0.2) is 0 Å². The zero-order chi connectivity index (χ0) is 19.9. The summed E-state index contributed by atoms with van der Waals surface area (Å²) < 4.78 is 6.90. The Morgan fingerprint density at radius 2 is 1.82 bits per heavy atom. The molecule has 3 aromatic carbocycles. The highest BCUT2D eigenvalue weighted by Crippen LogP contribution is 2.22. The van der Waals surface area contributed by atoms with Crippen LogP contribution < -0.4 is 4.74 Å².